The van der Waals surface area contributed by atoms with Crippen LogP contribution in [0.1, 0.15) is 17.5 Å². The van der Waals surface area contributed by atoms with Crippen molar-refractivity contribution < 1.29 is 23.8 Å². The molecular weight excluding hydrogens is 512 g/mol. The highest BCUT2D eigenvalue weighted by Crippen LogP contribution is 2.26. The lowest BCUT2D eigenvalue weighted by Gasteiger charge is -2.09. The van der Waals surface area contributed by atoms with E-state index in [4.69, 9.17) is 4.74 Å². The molecule has 158 valence electrons. The van der Waals surface area contributed by atoms with Crippen molar-refractivity contribution >= 4 is 40.5 Å². The van der Waals surface area contributed by atoms with E-state index in [9.17, 15) is 19.1 Å². The molecule has 31 heavy (non-hydrogen) atoms. The summed E-state index contributed by atoms with van der Waals surface area (Å²) < 4.78 is 19.7. The van der Waals surface area contributed by atoms with Crippen molar-refractivity contribution in [2.45, 2.75) is 12.8 Å². The number of halogens is 2. The summed E-state index contributed by atoms with van der Waals surface area (Å²) in [4.78, 5) is 23.7. The lowest BCUT2D eigenvalue weighted by molar-refractivity contribution is -0.134. The molecule has 0 atom stereocenters. The minimum absolute atomic E-state index is 0.0821. The predicted molar refractivity (Wildman–Crippen MR) is 124 cm³/mol. The number of para-hydroxylation sites is 1. The Morgan fingerprint density at radius 3 is 2.32 bits per heavy atom. The third-order valence-electron chi connectivity index (χ3n) is 4.31. The summed E-state index contributed by atoms with van der Waals surface area (Å²) in [7, 11) is 0. The summed E-state index contributed by atoms with van der Waals surface area (Å²) in [6, 6.07) is 20.3. The summed E-state index contributed by atoms with van der Waals surface area (Å²) in [6.45, 7) is 0. The average molecular weight is 531 g/mol. The quantitative estimate of drug-likeness (QED) is 0.302. The second kappa shape index (κ2) is 10.7. The fourth-order valence-electron chi connectivity index (χ4n) is 2.73. The van der Waals surface area contributed by atoms with Gasteiger partial charge in [0.05, 0.1) is 3.57 Å². The van der Waals surface area contributed by atoms with E-state index in [0.29, 0.717) is 17.7 Å². The highest BCUT2D eigenvalue weighted by Gasteiger charge is 2.12. The van der Waals surface area contributed by atoms with Crippen molar-refractivity contribution in [3.63, 3.8) is 0 Å². The molecule has 3 aromatic rings. The fraction of sp³-hybridized carbons (Fsp3) is 0.0833. The number of carbonyl (C=O) groups is 2. The predicted octanol–water partition coefficient (Wildman–Crippen LogP) is 5.40. The fourth-order valence-corrected chi connectivity index (χ4v) is 3.22. The summed E-state index contributed by atoms with van der Waals surface area (Å²) in [5.41, 5.74) is 1.17. The largest absolute Gasteiger partial charge is 0.477 e. The Kier molecular flexibility index (Phi) is 7.77. The normalized spacial score (nSPS) is 11.1. The molecule has 1 amide bonds. The molecule has 0 heterocycles. The van der Waals surface area contributed by atoms with E-state index in [1.807, 2.05) is 24.3 Å². The van der Waals surface area contributed by atoms with Gasteiger partial charge in [-0.2, -0.15) is 0 Å². The van der Waals surface area contributed by atoms with E-state index in [-0.39, 0.29) is 17.9 Å². The minimum Gasteiger partial charge on any atom is -0.477 e. The summed E-state index contributed by atoms with van der Waals surface area (Å²) >= 11 is 2.18. The van der Waals surface area contributed by atoms with Crippen LogP contribution in [-0.2, 0) is 16.0 Å². The van der Waals surface area contributed by atoms with Crippen LogP contribution in [0.3, 0.4) is 0 Å². The number of benzene rings is 3. The van der Waals surface area contributed by atoms with Gasteiger partial charge in [-0.05, 0) is 82.6 Å². The van der Waals surface area contributed by atoms with Gasteiger partial charge >= 0.3 is 5.97 Å². The third kappa shape index (κ3) is 6.92. The van der Waals surface area contributed by atoms with Gasteiger partial charge in [0.2, 0.25) is 5.91 Å². The van der Waals surface area contributed by atoms with Gasteiger partial charge in [0, 0.05) is 6.42 Å². The van der Waals surface area contributed by atoms with E-state index in [1.165, 1.54) is 18.2 Å². The first-order valence-corrected chi connectivity index (χ1v) is 10.5. The summed E-state index contributed by atoms with van der Waals surface area (Å²) in [6.07, 6.45) is 1.84. The Hall–Kier alpha value is -3.20. The Morgan fingerprint density at radius 2 is 1.68 bits per heavy atom. The maximum Gasteiger partial charge on any atom is 0.352 e. The van der Waals surface area contributed by atoms with Crippen molar-refractivity contribution in [2.24, 2.45) is 0 Å². The molecule has 3 aromatic carbocycles. The number of hydrogen-bond donors (Lipinski definition) is 2. The maximum atomic E-state index is 12.9. The Balaban J connectivity index is 1.63. The first kappa shape index (κ1) is 22.5. The van der Waals surface area contributed by atoms with Crippen molar-refractivity contribution in [3.05, 3.63) is 99.0 Å². The number of carboxylic acid groups (broad SMARTS) is 1. The van der Waals surface area contributed by atoms with Gasteiger partial charge in [-0.1, -0.05) is 36.4 Å². The van der Waals surface area contributed by atoms with Crippen LogP contribution in [0.5, 0.6) is 11.5 Å². The van der Waals surface area contributed by atoms with Crippen LogP contribution in [0, 0.1) is 9.39 Å². The number of aryl methyl sites for hydroxylation is 1. The van der Waals surface area contributed by atoms with E-state index in [1.54, 1.807) is 36.4 Å². The number of nitrogens with one attached hydrogen (secondary N) is 1. The number of hydrogen-bond acceptors (Lipinski definition) is 3. The van der Waals surface area contributed by atoms with E-state index in [0.717, 1.165) is 14.9 Å². The molecule has 7 heteroatoms. The first-order chi connectivity index (χ1) is 14.9. The number of rotatable bonds is 8. The van der Waals surface area contributed by atoms with Crippen molar-refractivity contribution in [2.75, 3.05) is 0 Å². The molecule has 0 saturated heterocycles. The van der Waals surface area contributed by atoms with Crippen molar-refractivity contribution in [1.82, 2.24) is 5.32 Å². The standard InChI is InChI=1S/C24H19FINO4/c25-18-10-5-16(6-11-18)9-14-23(28)27-21(24(29)30)15-17-7-12-19(13-8-17)31-22-4-2-1-3-20(22)26/h1-8,10-13,15H,9,14H2,(H,27,28)(H,29,30)/b21-15-. The monoisotopic (exact) mass is 531 g/mol. The van der Waals surface area contributed by atoms with Crippen LogP contribution in [0.2, 0.25) is 0 Å². The number of amides is 1. The topological polar surface area (TPSA) is 75.6 Å². The average Bonchev–Trinajstić information content (AvgIpc) is 2.75. The molecule has 0 fully saturated rings. The van der Waals surface area contributed by atoms with Crippen LogP contribution >= 0.6 is 22.6 Å². The van der Waals surface area contributed by atoms with Crippen LogP contribution in [0.25, 0.3) is 6.08 Å². The maximum absolute atomic E-state index is 12.9. The molecule has 5 nitrogen and oxygen atoms in total. The van der Waals surface area contributed by atoms with Gasteiger partial charge in [-0.25, -0.2) is 9.18 Å². The molecule has 0 aliphatic heterocycles. The number of carboxylic acids is 1. The van der Waals surface area contributed by atoms with Crippen molar-refractivity contribution in [3.8, 4) is 11.5 Å². The van der Waals surface area contributed by atoms with E-state index in [2.05, 4.69) is 27.9 Å². The van der Waals surface area contributed by atoms with Gasteiger partial charge in [0.25, 0.3) is 0 Å². The molecule has 0 aliphatic carbocycles. The lowest BCUT2D eigenvalue weighted by atomic mass is 10.1. The van der Waals surface area contributed by atoms with Crippen LogP contribution < -0.4 is 10.1 Å². The molecule has 0 radical (unpaired) electrons. The number of ether oxygens (including phenoxy) is 1. The molecule has 2 N–H and O–H groups in total. The van der Waals surface area contributed by atoms with Gasteiger partial charge in [0.1, 0.15) is 23.0 Å². The molecular formula is C24H19FINO4. The Bertz CT molecular complexity index is 1100. The molecule has 0 bridgehead atoms. The summed E-state index contributed by atoms with van der Waals surface area (Å²) in [5.74, 6) is -0.683. The molecule has 0 aromatic heterocycles. The van der Waals surface area contributed by atoms with E-state index >= 15 is 0 Å². The second-order valence-corrected chi connectivity index (χ2v) is 7.80. The number of aliphatic carboxylic acids is 1. The van der Waals surface area contributed by atoms with Crippen LogP contribution in [-0.4, -0.2) is 17.0 Å². The molecule has 3 rings (SSSR count). The Morgan fingerprint density at radius 1 is 1.00 bits per heavy atom. The highest BCUT2D eigenvalue weighted by atomic mass is 127. The van der Waals surface area contributed by atoms with Gasteiger partial charge < -0.3 is 15.2 Å². The summed E-state index contributed by atoms with van der Waals surface area (Å²) in [5, 5.41) is 11.9. The van der Waals surface area contributed by atoms with E-state index < -0.39 is 11.9 Å². The minimum atomic E-state index is -1.24. The first-order valence-electron chi connectivity index (χ1n) is 9.42. The number of carbonyl (C=O) groups excluding carboxylic acids is 1. The Labute approximate surface area is 192 Å². The molecule has 0 aliphatic rings. The zero-order valence-corrected chi connectivity index (χ0v) is 18.5. The SMILES string of the molecule is O=C(CCc1ccc(F)cc1)N/C(=C\c1ccc(Oc2ccccc2I)cc1)C(=O)O. The van der Waals surface area contributed by atoms with Gasteiger partial charge in [-0.3, -0.25) is 4.79 Å². The third-order valence-corrected chi connectivity index (χ3v) is 5.21. The van der Waals surface area contributed by atoms with Crippen LogP contribution in [0.15, 0.2) is 78.5 Å². The molecule has 0 unspecified atom stereocenters. The highest BCUT2D eigenvalue weighted by molar-refractivity contribution is 14.1. The van der Waals surface area contributed by atoms with Crippen molar-refractivity contribution in [1.29, 1.82) is 0 Å². The smallest absolute Gasteiger partial charge is 0.352 e. The zero-order valence-electron chi connectivity index (χ0n) is 16.3. The second-order valence-electron chi connectivity index (χ2n) is 6.64. The molecule has 0 spiro atoms. The molecule has 0 saturated carbocycles. The van der Waals surface area contributed by atoms with Gasteiger partial charge in [0.15, 0.2) is 0 Å². The zero-order chi connectivity index (χ0) is 22.2. The van der Waals surface area contributed by atoms with Gasteiger partial charge in [-0.15, -0.1) is 0 Å². The van der Waals surface area contributed by atoms with Crippen LogP contribution in [0.4, 0.5) is 4.39 Å². The lowest BCUT2D eigenvalue weighted by Crippen LogP contribution is -2.27.